The second kappa shape index (κ2) is 9.40. The fourth-order valence-electron chi connectivity index (χ4n) is 4.56. The molecular formula is C26H31N3O2. The lowest BCUT2D eigenvalue weighted by Gasteiger charge is -2.29. The number of carbonyl (C=O) groups is 1. The first-order chi connectivity index (χ1) is 15.1. The third-order valence-corrected chi connectivity index (χ3v) is 6.19. The molecule has 5 heteroatoms. The van der Waals surface area contributed by atoms with E-state index >= 15 is 0 Å². The highest BCUT2D eigenvalue weighted by molar-refractivity contribution is 5.94. The smallest absolute Gasteiger partial charge is 0.251 e. The molecule has 1 amide bonds. The number of aromatic nitrogens is 1. The minimum Gasteiger partial charge on any atom is -0.496 e. The number of benzene rings is 2. The second-order valence-electron chi connectivity index (χ2n) is 8.21. The first kappa shape index (κ1) is 21.2. The SMILES string of the molecule is COc1ccccc1C(CNC(=O)c1ccc(-n2c(C)ccc2C)cc1)N1CCCC1. The molecule has 0 aliphatic carbocycles. The van der Waals surface area contributed by atoms with Gasteiger partial charge in [-0.05, 0) is 82.2 Å². The van der Waals surface area contributed by atoms with Crippen molar-refractivity contribution < 1.29 is 9.53 Å². The van der Waals surface area contributed by atoms with E-state index in [-0.39, 0.29) is 11.9 Å². The second-order valence-corrected chi connectivity index (χ2v) is 8.21. The molecule has 0 radical (unpaired) electrons. The van der Waals surface area contributed by atoms with Gasteiger partial charge in [-0.25, -0.2) is 0 Å². The van der Waals surface area contributed by atoms with Crippen LogP contribution in [-0.4, -0.2) is 42.1 Å². The number of likely N-dealkylation sites (tertiary alicyclic amines) is 1. The van der Waals surface area contributed by atoms with Gasteiger partial charge in [0.15, 0.2) is 0 Å². The van der Waals surface area contributed by atoms with Crippen LogP contribution in [0.4, 0.5) is 0 Å². The number of nitrogens with zero attached hydrogens (tertiary/aromatic N) is 2. The Morgan fingerprint density at radius 3 is 2.26 bits per heavy atom. The predicted molar refractivity (Wildman–Crippen MR) is 124 cm³/mol. The number of ether oxygens (including phenoxy) is 1. The molecule has 5 nitrogen and oxygen atoms in total. The van der Waals surface area contributed by atoms with E-state index in [1.54, 1.807) is 7.11 Å². The van der Waals surface area contributed by atoms with Gasteiger partial charge in [-0.1, -0.05) is 18.2 Å². The van der Waals surface area contributed by atoms with Crippen LogP contribution in [0.25, 0.3) is 5.69 Å². The number of hydrogen-bond donors (Lipinski definition) is 1. The van der Waals surface area contributed by atoms with Gasteiger partial charge in [0.25, 0.3) is 5.91 Å². The lowest BCUT2D eigenvalue weighted by Crippen LogP contribution is -2.37. The van der Waals surface area contributed by atoms with Gasteiger partial charge in [-0.2, -0.15) is 0 Å². The normalized spacial score (nSPS) is 15.1. The van der Waals surface area contributed by atoms with Crippen molar-refractivity contribution in [2.75, 3.05) is 26.7 Å². The zero-order chi connectivity index (χ0) is 21.8. The number of carbonyl (C=O) groups excluding carboxylic acids is 1. The minimum absolute atomic E-state index is 0.0494. The zero-order valence-corrected chi connectivity index (χ0v) is 18.6. The average Bonchev–Trinajstić information content (AvgIpc) is 3.44. The highest BCUT2D eigenvalue weighted by Gasteiger charge is 2.26. The van der Waals surface area contributed by atoms with Crippen LogP contribution in [0.5, 0.6) is 5.75 Å². The highest BCUT2D eigenvalue weighted by Crippen LogP contribution is 2.31. The van der Waals surface area contributed by atoms with Crippen molar-refractivity contribution in [2.24, 2.45) is 0 Å². The van der Waals surface area contributed by atoms with Crippen molar-refractivity contribution in [3.8, 4) is 11.4 Å². The number of para-hydroxylation sites is 1. The molecule has 1 fully saturated rings. The Hall–Kier alpha value is -3.05. The topological polar surface area (TPSA) is 46.5 Å². The van der Waals surface area contributed by atoms with Gasteiger partial charge in [0.05, 0.1) is 13.2 Å². The molecule has 0 saturated carbocycles. The first-order valence-electron chi connectivity index (χ1n) is 11.0. The Morgan fingerprint density at radius 2 is 1.61 bits per heavy atom. The summed E-state index contributed by atoms with van der Waals surface area (Å²) in [5.41, 5.74) is 5.23. The van der Waals surface area contributed by atoms with Crippen LogP contribution in [0.15, 0.2) is 60.7 Å². The van der Waals surface area contributed by atoms with Crippen LogP contribution in [-0.2, 0) is 0 Å². The molecule has 1 saturated heterocycles. The van der Waals surface area contributed by atoms with E-state index in [0.717, 1.165) is 30.1 Å². The standard InChI is InChI=1S/C26H31N3O2/c1-19-10-11-20(2)29(19)22-14-12-21(13-15-22)26(30)27-18-24(28-16-6-7-17-28)23-8-4-5-9-25(23)31-3/h4-5,8-15,24H,6-7,16-18H2,1-3H3,(H,27,30). The van der Waals surface area contributed by atoms with Crippen molar-refractivity contribution in [3.05, 3.63) is 83.2 Å². The summed E-state index contributed by atoms with van der Waals surface area (Å²) in [6, 6.07) is 20.2. The summed E-state index contributed by atoms with van der Waals surface area (Å²) in [5.74, 6) is 0.821. The molecule has 162 valence electrons. The number of aryl methyl sites for hydroxylation is 2. The van der Waals surface area contributed by atoms with Crippen LogP contribution in [0.3, 0.4) is 0 Å². The van der Waals surface area contributed by atoms with Crippen LogP contribution in [0, 0.1) is 13.8 Å². The largest absolute Gasteiger partial charge is 0.496 e. The van der Waals surface area contributed by atoms with Crippen molar-refractivity contribution in [1.82, 2.24) is 14.8 Å². The van der Waals surface area contributed by atoms with Gasteiger partial charge in [0.2, 0.25) is 0 Å². The molecule has 1 aromatic heterocycles. The third-order valence-electron chi connectivity index (χ3n) is 6.19. The lowest BCUT2D eigenvalue weighted by molar-refractivity contribution is 0.0937. The average molecular weight is 418 g/mol. The maximum Gasteiger partial charge on any atom is 0.251 e. The molecule has 0 spiro atoms. The Morgan fingerprint density at radius 1 is 0.968 bits per heavy atom. The summed E-state index contributed by atoms with van der Waals surface area (Å²) in [6.07, 6.45) is 2.39. The summed E-state index contributed by atoms with van der Waals surface area (Å²) < 4.78 is 7.79. The monoisotopic (exact) mass is 417 g/mol. The molecule has 2 aromatic carbocycles. The maximum atomic E-state index is 12.9. The van der Waals surface area contributed by atoms with Gasteiger partial charge in [-0.15, -0.1) is 0 Å². The van der Waals surface area contributed by atoms with Crippen LogP contribution >= 0.6 is 0 Å². The van der Waals surface area contributed by atoms with E-state index in [1.807, 2.05) is 42.5 Å². The van der Waals surface area contributed by atoms with E-state index < -0.39 is 0 Å². The van der Waals surface area contributed by atoms with Crippen molar-refractivity contribution >= 4 is 5.91 Å². The third kappa shape index (κ3) is 4.52. The quantitative estimate of drug-likeness (QED) is 0.608. The maximum absolute atomic E-state index is 12.9. The zero-order valence-electron chi connectivity index (χ0n) is 18.6. The van der Waals surface area contributed by atoms with Gasteiger partial charge >= 0.3 is 0 Å². The Labute approximate surface area is 184 Å². The van der Waals surface area contributed by atoms with Gasteiger partial charge in [0.1, 0.15) is 5.75 Å². The van der Waals surface area contributed by atoms with E-state index in [0.29, 0.717) is 12.1 Å². The van der Waals surface area contributed by atoms with Crippen LogP contribution in [0.2, 0.25) is 0 Å². The number of methoxy groups -OCH3 is 1. The lowest BCUT2D eigenvalue weighted by atomic mass is 10.0. The summed E-state index contributed by atoms with van der Waals surface area (Å²) in [4.78, 5) is 15.4. The molecule has 2 heterocycles. The number of nitrogens with one attached hydrogen (secondary N) is 1. The van der Waals surface area contributed by atoms with E-state index in [4.69, 9.17) is 4.74 Å². The molecule has 1 N–H and O–H groups in total. The summed E-state index contributed by atoms with van der Waals surface area (Å²) in [5, 5.41) is 3.16. The van der Waals surface area contributed by atoms with Gasteiger partial charge in [-0.3, -0.25) is 9.69 Å². The van der Waals surface area contributed by atoms with Crippen molar-refractivity contribution in [3.63, 3.8) is 0 Å². The van der Waals surface area contributed by atoms with E-state index in [9.17, 15) is 4.79 Å². The highest BCUT2D eigenvalue weighted by atomic mass is 16.5. The Kier molecular flexibility index (Phi) is 6.42. The molecule has 0 bridgehead atoms. The van der Waals surface area contributed by atoms with E-state index in [1.165, 1.54) is 24.2 Å². The number of rotatable bonds is 7. The predicted octanol–water partition coefficient (Wildman–Crippen LogP) is 4.67. The minimum atomic E-state index is -0.0494. The molecule has 1 aliphatic heterocycles. The molecule has 4 rings (SSSR count). The molecule has 1 unspecified atom stereocenters. The fraction of sp³-hybridized carbons (Fsp3) is 0.346. The van der Waals surface area contributed by atoms with Gasteiger partial charge in [0, 0.05) is 34.7 Å². The number of hydrogen-bond acceptors (Lipinski definition) is 3. The molecule has 3 aromatic rings. The molecule has 31 heavy (non-hydrogen) atoms. The molecular weight excluding hydrogens is 386 g/mol. The Bertz CT molecular complexity index is 1010. The van der Waals surface area contributed by atoms with Crippen LogP contribution in [0.1, 0.15) is 46.2 Å². The molecule has 1 aliphatic rings. The summed E-state index contributed by atoms with van der Waals surface area (Å²) >= 11 is 0. The van der Waals surface area contributed by atoms with Crippen molar-refractivity contribution in [1.29, 1.82) is 0 Å². The van der Waals surface area contributed by atoms with Gasteiger partial charge < -0.3 is 14.6 Å². The van der Waals surface area contributed by atoms with E-state index in [2.05, 4.69) is 46.8 Å². The number of amides is 1. The fourth-order valence-corrected chi connectivity index (χ4v) is 4.56. The van der Waals surface area contributed by atoms with Crippen LogP contribution < -0.4 is 10.1 Å². The van der Waals surface area contributed by atoms with Crippen molar-refractivity contribution in [2.45, 2.75) is 32.7 Å². The molecule has 1 atom stereocenters. The Balaban J connectivity index is 1.49. The first-order valence-corrected chi connectivity index (χ1v) is 11.0. The summed E-state index contributed by atoms with van der Waals surface area (Å²) in [7, 11) is 1.70. The summed E-state index contributed by atoms with van der Waals surface area (Å²) in [6.45, 7) is 6.82.